The van der Waals surface area contributed by atoms with E-state index < -0.39 is 16.0 Å². The number of benzene rings is 3. The molecule has 0 amide bonds. The summed E-state index contributed by atoms with van der Waals surface area (Å²) in [4.78, 5) is 12.0. The molecule has 29 heavy (non-hydrogen) atoms. The third-order valence-corrected chi connectivity index (χ3v) is 6.44. The van der Waals surface area contributed by atoms with Gasteiger partial charge in [-0.1, -0.05) is 42.0 Å². The molecule has 146 valence electrons. The van der Waals surface area contributed by atoms with Gasteiger partial charge in [0.15, 0.2) is 0 Å². The minimum atomic E-state index is -4.00. The number of aryl methyl sites for hydroxylation is 2. The zero-order valence-corrected chi connectivity index (χ0v) is 16.6. The summed E-state index contributed by atoms with van der Waals surface area (Å²) in [5.74, 6) is -1.13. The van der Waals surface area contributed by atoms with Crippen LogP contribution in [0.5, 0.6) is 0 Å². The first-order valence-corrected chi connectivity index (χ1v) is 10.4. The maximum absolute atomic E-state index is 13.3. The smallest absolute Gasteiger partial charge is 0.336 e. The van der Waals surface area contributed by atoms with Gasteiger partial charge in [-0.3, -0.25) is 0 Å². The number of carboxylic acids is 1. The summed E-state index contributed by atoms with van der Waals surface area (Å²) >= 11 is 0. The van der Waals surface area contributed by atoms with Crippen molar-refractivity contribution in [1.29, 1.82) is 0 Å². The van der Waals surface area contributed by atoms with Crippen molar-refractivity contribution >= 4 is 26.8 Å². The lowest BCUT2D eigenvalue weighted by atomic mass is 9.97. The van der Waals surface area contributed by atoms with Crippen LogP contribution in [-0.4, -0.2) is 28.7 Å². The van der Waals surface area contributed by atoms with Crippen molar-refractivity contribution in [2.45, 2.75) is 18.7 Å². The van der Waals surface area contributed by atoms with E-state index in [1.54, 1.807) is 31.2 Å². The van der Waals surface area contributed by atoms with E-state index in [1.807, 2.05) is 31.2 Å². The van der Waals surface area contributed by atoms with Crippen molar-refractivity contribution in [2.24, 2.45) is 0 Å². The van der Waals surface area contributed by atoms with Crippen LogP contribution < -0.4 is 0 Å². The Kier molecular flexibility index (Phi) is 4.47. The lowest BCUT2D eigenvalue weighted by Crippen LogP contribution is -2.17. The number of nitrogens with zero attached hydrogens (tertiary/aromatic N) is 2. The molecule has 0 saturated carbocycles. The fourth-order valence-corrected chi connectivity index (χ4v) is 4.66. The Morgan fingerprint density at radius 1 is 0.966 bits per heavy atom. The highest BCUT2D eigenvalue weighted by molar-refractivity contribution is 7.90. The first-order valence-electron chi connectivity index (χ1n) is 8.92. The second-order valence-electron chi connectivity index (χ2n) is 6.89. The van der Waals surface area contributed by atoms with Gasteiger partial charge in [-0.2, -0.15) is 17.6 Å². The molecular formula is C22H18N2O4S. The van der Waals surface area contributed by atoms with Crippen molar-refractivity contribution in [3.8, 4) is 11.3 Å². The minimum absolute atomic E-state index is 0.0210. The van der Waals surface area contributed by atoms with Crippen LogP contribution in [0.1, 0.15) is 21.5 Å². The SMILES string of the molecule is Cc1ccc(S(=O)(=O)n2ncc(C)c2-c2cc3ccccc3cc2C(=O)O)cc1. The van der Waals surface area contributed by atoms with Gasteiger partial charge >= 0.3 is 5.97 Å². The molecule has 1 heterocycles. The van der Waals surface area contributed by atoms with Gasteiger partial charge in [-0.05, 0) is 54.4 Å². The third kappa shape index (κ3) is 3.19. The highest BCUT2D eigenvalue weighted by Crippen LogP contribution is 2.33. The molecular weight excluding hydrogens is 388 g/mol. The summed E-state index contributed by atoms with van der Waals surface area (Å²) in [5, 5.41) is 15.4. The van der Waals surface area contributed by atoms with Crippen LogP contribution in [0.2, 0.25) is 0 Å². The number of aromatic nitrogens is 2. The van der Waals surface area contributed by atoms with E-state index in [0.29, 0.717) is 11.1 Å². The van der Waals surface area contributed by atoms with Gasteiger partial charge in [-0.25, -0.2) is 4.79 Å². The Bertz CT molecular complexity index is 1350. The normalized spacial score (nSPS) is 11.7. The lowest BCUT2D eigenvalue weighted by Gasteiger charge is -2.13. The Morgan fingerprint density at radius 3 is 2.21 bits per heavy atom. The van der Waals surface area contributed by atoms with Gasteiger partial charge in [0, 0.05) is 5.56 Å². The first kappa shape index (κ1) is 18.9. The van der Waals surface area contributed by atoms with Crippen molar-refractivity contribution in [3.05, 3.63) is 83.6 Å². The Balaban J connectivity index is 2.01. The second-order valence-corrected chi connectivity index (χ2v) is 8.65. The molecule has 1 aromatic heterocycles. The summed E-state index contributed by atoms with van der Waals surface area (Å²) in [6.45, 7) is 3.58. The van der Waals surface area contributed by atoms with Gasteiger partial charge in [0.1, 0.15) is 0 Å². The molecule has 0 spiro atoms. The standard InChI is InChI=1S/C22H18N2O4S/c1-14-7-9-18(10-8-14)29(27,28)24-21(15(2)13-23-24)19-11-16-5-3-4-6-17(16)12-20(19)22(25)26/h3-13H,1-2H3,(H,25,26). The summed E-state index contributed by atoms with van der Waals surface area (Å²) in [5.41, 5.74) is 2.07. The number of aromatic carboxylic acids is 1. The molecule has 0 unspecified atom stereocenters. The van der Waals surface area contributed by atoms with Crippen LogP contribution in [-0.2, 0) is 10.0 Å². The molecule has 6 nitrogen and oxygen atoms in total. The quantitative estimate of drug-likeness (QED) is 0.547. The molecule has 4 aromatic rings. The highest BCUT2D eigenvalue weighted by Gasteiger charge is 2.26. The molecule has 0 aliphatic carbocycles. The largest absolute Gasteiger partial charge is 0.478 e. The van der Waals surface area contributed by atoms with Crippen molar-refractivity contribution in [2.75, 3.05) is 0 Å². The number of carbonyl (C=O) groups is 1. The molecule has 0 saturated heterocycles. The molecule has 0 radical (unpaired) electrons. The van der Waals surface area contributed by atoms with Crippen molar-refractivity contribution in [3.63, 3.8) is 0 Å². The predicted molar refractivity (Wildman–Crippen MR) is 111 cm³/mol. The van der Waals surface area contributed by atoms with Crippen LogP contribution in [0, 0.1) is 13.8 Å². The van der Waals surface area contributed by atoms with Crippen LogP contribution in [0.15, 0.2) is 71.8 Å². The third-order valence-electron chi connectivity index (χ3n) is 4.84. The van der Waals surface area contributed by atoms with Gasteiger partial charge < -0.3 is 5.11 Å². The second kappa shape index (κ2) is 6.86. The first-order chi connectivity index (χ1) is 13.8. The van der Waals surface area contributed by atoms with Crippen molar-refractivity contribution < 1.29 is 18.3 Å². The van der Waals surface area contributed by atoms with Gasteiger partial charge in [0.25, 0.3) is 10.0 Å². The number of hydrogen-bond donors (Lipinski definition) is 1. The fraction of sp³-hybridized carbons (Fsp3) is 0.0909. The summed E-state index contributed by atoms with van der Waals surface area (Å²) in [7, 11) is -4.00. The monoisotopic (exact) mass is 406 g/mol. The van der Waals surface area contributed by atoms with Gasteiger partial charge in [0.05, 0.1) is 22.3 Å². The van der Waals surface area contributed by atoms with Gasteiger partial charge in [0.2, 0.25) is 0 Å². The average Bonchev–Trinajstić information content (AvgIpc) is 3.09. The van der Waals surface area contributed by atoms with E-state index in [9.17, 15) is 18.3 Å². The Morgan fingerprint density at radius 2 is 1.59 bits per heavy atom. The zero-order valence-electron chi connectivity index (χ0n) is 15.8. The molecule has 0 bridgehead atoms. The minimum Gasteiger partial charge on any atom is -0.478 e. The van der Waals surface area contributed by atoms with E-state index in [4.69, 9.17) is 0 Å². The van der Waals surface area contributed by atoms with Gasteiger partial charge in [-0.15, -0.1) is 0 Å². The molecule has 7 heteroatoms. The highest BCUT2D eigenvalue weighted by atomic mass is 32.2. The molecule has 0 fully saturated rings. The number of carboxylic acid groups (broad SMARTS) is 1. The number of fused-ring (bicyclic) bond motifs is 1. The van der Waals surface area contributed by atoms with E-state index in [-0.39, 0.29) is 16.2 Å². The summed E-state index contributed by atoms with van der Waals surface area (Å²) in [6.07, 6.45) is 1.43. The maximum Gasteiger partial charge on any atom is 0.336 e. The van der Waals surface area contributed by atoms with E-state index in [1.165, 1.54) is 18.3 Å². The Labute approximate surface area is 168 Å². The number of rotatable bonds is 4. The Hall–Kier alpha value is -3.45. The van der Waals surface area contributed by atoms with Crippen LogP contribution in [0.3, 0.4) is 0 Å². The lowest BCUT2D eigenvalue weighted by molar-refractivity contribution is 0.0698. The molecule has 0 aliphatic heterocycles. The average molecular weight is 406 g/mol. The van der Waals surface area contributed by atoms with E-state index >= 15 is 0 Å². The van der Waals surface area contributed by atoms with Crippen LogP contribution in [0.4, 0.5) is 0 Å². The number of hydrogen-bond acceptors (Lipinski definition) is 4. The van der Waals surface area contributed by atoms with Crippen LogP contribution in [0.25, 0.3) is 22.0 Å². The molecule has 0 atom stereocenters. The predicted octanol–water partition coefficient (Wildman–Crippen LogP) is 4.26. The molecule has 3 aromatic carbocycles. The zero-order chi connectivity index (χ0) is 20.8. The van der Waals surface area contributed by atoms with Crippen molar-refractivity contribution in [1.82, 2.24) is 9.19 Å². The molecule has 4 rings (SSSR count). The maximum atomic E-state index is 13.3. The molecule has 1 N–H and O–H groups in total. The summed E-state index contributed by atoms with van der Waals surface area (Å²) < 4.78 is 27.4. The van der Waals surface area contributed by atoms with E-state index in [2.05, 4.69) is 5.10 Å². The summed E-state index contributed by atoms with van der Waals surface area (Å²) in [6, 6.07) is 17.1. The fourth-order valence-electron chi connectivity index (χ4n) is 3.33. The molecule has 0 aliphatic rings. The van der Waals surface area contributed by atoms with E-state index in [0.717, 1.165) is 20.4 Å². The van der Waals surface area contributed by atoms with Crippen LogP contribution >= 0.6 is 0 Å². The topological polar surface area (TPSA) is 89.3 Å².